The third kappa shape index (κ3) is 3.15. The first kappa shape index (κ1) is 13.2. The van der Waals surface area contributed by atoms with Crippen molar-refractivity contribution in [2.45, 2.75) is 23.2 Å². The lowest BCUT2D eigenvalue weighted by atomic mass is 10.2. The molecule has 0 aromatic carbocycles. The summed E-state index contributed by atoms with van der Waals surface area (Å²) in [4.78, 5) is 0. The van der Waals surface area contributed by atoms with Crippen LogP contribution in [0.2, 0.25) is 4.34 Å². The van der Waals surface area contributed by atoms with Crippen molar-refractivity contribution in [1.29, 1.82) is 0 Å². The average Bonchev–Trinajstić information content (AvgIpc) is 2.60. The van der Waals surface area contributed by atoms with Gasteiger partial charge < -0.3 is 5.11 Å². The van der Waals surface area contributed by atoms with E-state index in [4.69, 9.17) is 11.6 Å². The van der Waals surface area contributed by atoms with E-state index in [1.807, 2.05) is 6.07 Å². The highest BCUT2D eigenvalue weighted by Gasteiger charge is 2.26. The molecule has 1 aliphatic rings. The Hall–Kier alpha value is 0.740. The normalized spacial score (nSPS) is 21.1. The number of unbranched alkanes of at least 4 members (excludes halogenated alkanes) is 1. The molecule has 0 saturated heterocycles. The minimum absolute atomic E-state index is 0.385. The van der Waals surface area contributed by atoms with Crippen LogP contribution in [-0.4, -0.2) is 27.8 Å². The Balaban J connectivity index is 1.97. The highest BCUT2D eigenvalue weighted by Crippen LogP contribution is 2.43. The lowest BCUT2D eigenvalue weighted by Gasteiger charge is -2.28. The van der Waals surface area contributed by atoms with Crippen LogP contribution < -0.4 is 0 Å². The summed E-state index contributed by atoms with van der Waals surface area (Å²) in [5.74, 6) is 0. The van der Waals surface area contributed by atoms with Crippen LogP contribution in [0, 0.1) is 0 Å². The van der Waals surface area contributed by atoms with Crippen LogP contribution >= 0.6 is 50.8 Å². The van der Waals surface area contributed by atoms with E-state index in [0.29, 0.717) is 6.54 Å². The van der Waals surface area contributed by atoms with Crippen molar-refractivity contribution in [2.75, 3.05) is 18.4 Å². The molecule has 0 radical (unpaired) electrons. The summed E-state index contributed by atoms with van der Waals surface area (Å²) in [7, 11) is 0. The molecule has 1 N–H and O–H groups in total. The molecule has 6 heteroatoms. The molecule has 0 amide bonds. The van der Waals surface area contributed by atoms with Gasteiger partial charge in [-0.15, -0.1) is 11.3 Å². The third-order valence-corrected chi connectivity index (χ3v) is 5.53. The number of hydrogen-bond donors (Lipinski definition) is 1. The van der Waals surface area contributed by atoms with Crippen molar-refractivity contribution in [3.05, 3.63) is 16.0 Å². The van der Waals surface area contributed by atoms with Crippen molar-refractivity contribution in [3.8, 4) is 0 Å². The summed E-state index contributed by atoms with van der Waals surface area (Å²) in [5.41, 5.74) is 0.997. The molecule has 1 aromatic rings. The van der Waals surface area contributed by atoms with Gasteiger partial charge in [-0.2, -0.15) is 0 Å². The lowest BCUT2D eigenvalue weighted by Crippen LogP contribution is -2.27. The van der Waals surface area contributed by atoms with Crippen LogP contribution in [0.3, 0.4) is 0 Å². The van der Waals surface area contributed by atoms with E-state index in [1.165, 1.54) is 6.42 Å². The zero-order valence-electron chi connectivity index (χ0n) is 8.66. The summed E-state index contributed by atoms with van der Waals surface area (Å²) in [6.07, 6.45) is 1.94. The molecule has 0 saturated carbocycles. The monoisotopic (exact) mass is 341 g/mol. The van der Waals surface area contributed by atoms with E-state index in [9.17, 15) is 5.11 Å². The van der Waals surface area contributed by atoms with Crippen molar-refractivity contribution in [1.82, 2.24) is 4.31 Å². The maximum atomic E-state index is 9.99. The van der Waals surface area contributed by atoms with Crippen LogP contribution in [0.15, 0.2) is 10.3 Å². The van der Waals surface area contributed by atoms with Crippen molar-refractivity contribution < 1.29 is 5.11 Å². The summed E-state index contributed by atoms with van der Waals surface area (Å²) < 4.78 is 4.13. The summed E-state index contributed by atoms with van der Waals surface area (Å²) in [5, 5.41) is 11.0. The average molecular weight is 343 g/mol. The molecule has 0 fully saturated rings. The predicted molar refractivity (Wildman–Crippen MR) is 74.7 cm³/mol. The maximum Gasteiger partial charge on any atom is 0.0946 e. The maximum absolute atomic E-state index is 9.99. The highest BCUT2D eigenvalue weighted by atomic mass is 79.9. The largest absolute Gasteiger partial charge is 0.387 e. The summed E-state index contributed by atoms with van der Waals surface area (Å²) >= 11 is 12.7. The second-order valence-electron chi connectivity index (χ2n) is 3.68. The van der Waals surface area contributed by atoms with Crippen LogP contribution in [0.25, 0.3) is 0 Å². The number of aliphatic hydroxyl groups is 1. The van der Waals surface area contributed by atoms with E-state index < -0.39 is 0 Å². The fourth-order valence-corrected chi connectivity index (χ4v) is 4.89. The lowest BCUT2D eigenvalue weighted by molar-refractivity contribution is 0.145. The van der Waals surface area contributed by atoms with Gasteiger partial charge in [-0.3, -0.25) is 0 Å². The molecule has 1 aromatic heterocycles. The molecule has 1 atom stereocenters. The first-order valence-corrected chi connectivity index (χ1v) is 8.26. The summed E-state index contributed by atoms with van der Waals surface area (Å²) in [6.45, 7) is 1.72. The Kier molecular flexibility index (Phi) is 5.00. The number of aliphatic hydroxyl groups excluding tert-OH is 1. The number of hydrogen-bond acceptors (Lipinski definition) is 4. The number of rotatable bonds is 4. The van der Waals surface area contributed by atoms with Crippen LogP contribution in [-0.2, 0) is 0 Å². The zero-order chi connectivity index (χ0) is 11.5. The van der Waals surface area contributed by atoms with Crippen LogP contribution in [0.5, 0.6) is 0 Å². The summed E-state index contributed by atoms with van der Waals surface area (Å²) in [6, 6.07) is 1.88. The van der Waals surface area contributed by atoms with E-state index >= 15 is 0 Å². The van der Waals surface area contributed by atoms with E-state index in [0.717, 1.165) is 32.4 Å². The number of alkyl halides is 1. The van der Waals surface area contributed by atoms with Gasteiger partial charge in [0.15, 0.2) is 0 Å². The minimum atomic E-state index is -0.385. The predicted octanol–water partition coefficient (Wildman–Crippen LogP) is 3.93. The molecule has 0 spiro atoms. The van der Waals surface area contributed by atoms with Crippen LogP contribution in [0.4, 0.5) is 0 Å². The topological polar surface area (TPSA) is 23.5 Å². The Morgan fingerprint density at radius 3 is 3.12 bits per heavy atom. The van der Waals surface area contributed by atoms with Gasteiger partial charge in [-0.05, 0) is 30.9 Å². The number of thiophene rings is 1. The fourth-order valence-electron chi connectivity index (χ4n) is 1.63. The smallest absolute Gasteiger partial charge is 0.0946 e. The first-order chi connectivity index (χ1) is 7.70. The van der Waals surface area contributed by atoms with Crippen molar-refractivity contribution in [3.63, 3.8) is 0 Å². The van der Waals surface area contributed by atoms with Gasteiger partial charge in [0.25, 0.3) is 0 Å². The molecule has 2 heterocycles. The van der Waals surface area contributed by atoms with E-state index in [1.54, 1.807) is 23.3 Å². The zero-order valence-corrected chi connectivity index (χ0v) is 12.6. The van der Waals surface area contributed by atoms with Gasteiger partial charge in [0.2, 0.25) is 0 Å². The molecule has 1 unspecified atom stereocenters. The van der Waals surface area contributed by atoms with Crippen LogP contribution in [0.1, 0.15) is 24.5 Å². The quantitative estimate of drug-likeness (QED) is 0.509. The Morgan fingerprint density at radius 1 is 1.56 bits per heavy atom. The molecule has 2 rings (SSSR count). The Bertz CT molecular complexity index is 361. The SMILES string of the molecule is OC1CN(CCCCBr)Sc2sc(Cl)cc21. The fraction of sp³-hybridized carbons (Fsp3) is 0.600. The number of halogens is 2. The minimum Gasteiger partial charge on any atom is -0.387 e. The first-order valence-electron chi connectivity index (χ1n) is 5.17. The Labute approximate surface area is 117 Å². The van der Waals surface area contributed by atoms with Crippen molar-refractivity contribution in [2.24, 2.45) is 0 Å². The molecule has 0 aliphatic carbocycles. The molecule has 90 valence electrons. The van der Waals surface area contributed by atoms with E-state index in [2.05, 4.69) is 20.2 Å². The van der Waals surface area contributed by atoms with E-state index in [-0.39, 0.29) is 6.10 Å². The molecule has 2 nitrogen and oxygen atoms in total. The Morgan fingerprint density at radius 2 is 2.38 bits per heavy atom. The number of nitrogens with zero attached hydrogens (tertiary/aromatic N) is 1. The molecule has 16 heavy (non-hydrogen) atoms. The van der Waals surface area contributed by atoms with Gasteiger partial charge in [-0.25, -0.2) is 4.31 Å². The number of fused-ring (bicyclic) bond motifs is 1. The molecular formula is C10H13BrClNOS2. The van der Waals surface area contributed by atoms with Gasteiger partial charge in [0, 0.05) is 24.0 Å². The van der Waals surface area contributed by atoms with Gasteiger partial charge in [0.05, 0.1) is 14.6 Å². The van der Waals surface area contributed by atoms with Gasteiger partial charge >= 0.3 is 0 Å². The molecular weight excluding hydrogens is 330 g/mol. The molecule has 1 aliphatic heterocycles. The third-order valence-electron chi connectivity index (χ3n) is 2.43. The second kappa shape index (κ2) is 6.07. The number of β-amino-alcohol motifs (C(OH)–C–C–N with tert-alkyl or cyclic N) is 1. The van der Waals surface area contributed by atoms with Gasteiger partial charge in [0.1, 0.15) is 0 Å². The molecule has 0 bridgehead atoms. The van der Waals surface area contributed by atoms with Crippen molar-refractivity contribution >= 4 is 50.8 Å². The second-order valence-corrected chi connectivity index (χ2v) is 7.53. The highest BCUT2D eigenvalue weighted by molar-refractivity contribution is 9.09. The standard InChI is InChI=1S/C10H13BrClNOS2/c11-3-1-2-4-13-6-8(14)7-5-9(12)15-10(7)16-13/h5,8,14H,1-4,6H2. The van der Waals surface area contributed by atoms with Gasteiger partial charge in [-0.1, -0.05) is 27.5 Å².